The molecular formula is C9H17NO3S. The minimum atomic E-state index is -0.466. The second kappa shape index (κ2) is 3.98. The molecule has 1 N–H and O–H groups in total. The monoisotopic (exact) mass is 219 g/mol. The average molecular weight is 219 g/mol. The molecule has 0 aromatic carbocycles. The predicted molar refractivity (Wildman–Crippen MR) is 56.8 cm³/mol. The van der Waals surface area contributed by atoms with E-state index in [1.165, 1.54) is 0 Å². The maximum Gasteiger partial charge on any atom is 0.408 e. The van der Waals surface area contributed by atoms with Crippen molar-refractivity contribution in [1.82, 2.24) is 5.32 Å². The molecular weight excluding hydrogens is 202 g/mol. The largest absolute Gasteiger partial charge is 0.444 e. The van der Waals surface area contributed by atoms with Gasteiger partial charge in [0.05, 0.1) is 18.8 Å². The smallest absolute Gasteiger partial charge is 0.408 e. The van der Waals surface area contributed by atoms with E-state index in [2.05, 4.69) is 17.9 Å². The van der Waals surface area contributed by atoms with Crippen LogP contribution in [0, 0.1) is 0 Å². The molecule has 0 bridgehead atoms. The van der Waals surface area contributed by atoms with Crippen molar-refractivity contribution in [2.45, 2.75) is 31.9 Å². The maximum atomic E-state index is 11.4. The Hall–Kier alpha value is -0.420. The molecule has 0 aromatic heterocycles. The summed E-state index contributed by atoms with van der Waals surface area (Å²) in [7, 11) is 0. The molecule has 0 aliphatic carbocycles. The van der Waals surface area contributed by atoms with Crippen molar-refractivity contribution in [2.75, 3.05) is 19.0 Å². The van der Waals surface area contributed by atoms with Gasteiger partial charge in [-0.1, -0.05) is 0 Å². The van der Waals surface area contributed by atoms with Crippen LogP contribution in [0.25, 0.3) is 0 Å². The molecule has 1 amide bonds. The van der Waals surface area contributed by atoms with Gasteiger partial charge in [-0.2, -0.15) is 12.6 Å². The molecule has 82 valence electrons. The van der Waals surface area contributed by atoms with Crippen molar-refractivity contribution in [1.29, 1.82) is 0 Å². The van der Waals surface area contributed by atoms with E-state index in [4.69, 9.17) is 9.47 Å². The van der Waals surface area contributed by atoms with E-state index >= 15 is 0 Å². The van der Waals surface area contributed by atoms with Gasteiger partial charge in [0, 0.05) is 5.75 Å². The topological polar surface area (TPSA) is 47.6 Å². The Morgan fingerprint density at radius 3 is 2.43 bits per heavy atom. The molecule has 4 nitrogen and oxygen atoms in total. The Bertz CT molecular complexity index is 215. The van der Waals surface area contributed by atoms with Gasteiger partial charge in [0.1, 0.15) is 5.60 Å². The molecule has 1 heterocycles. The van der Waals surface area contributed by atoms with Crippen molar-refractivity contribution >= 4 is 18.7 Å². The molecule has 0 aromatic rings. The van der Waals surface area contributed by atoms with E-state index in [1.54, 1.807) is 0 Å². The Balaban J connectivity index is 2.40. The molecule has 0 spiro atoms. The fourth-order valence-corrected chi connectivity index (χ4v) is 1.33. The third-order valence-electron chi connectivity index (χ3n) is 1.83. The van der Waals surface area contributed by atoms with E-state index in [1.807, 2.05) is 20.8 Å². The lowest BCUT2D eigenvalue weighted by molar-refractivity contribution is -0.0634. The lowest BCUT2D eigenvalue weighted by Gasteiger charge is -2.40. The standard InChI is InChI=1S/C9H17NO3S/c1-8(2,3)13-7(11)10-9(6-14)4-12-5-9/h14H,4-6H2,1-3H3,(H,10,11). The molecule has 0 unspecified atom stereocenters. The number of carbonyl (C=O) groups excluding carboxylic acids is 1. The maximum absolute atomic E-state index is 11.4. The van der Waals surface area contributed by atoms with E-state index in [9.17, 15) is 4.79 Å². The summed E-state index contributed by atoms with van der Waals surface area (Å²) in [4.78, 5) is 11.4. The number of carbonyl (C=O) groups is 1. The zero-order chi connectivity index (χ0) is 10.8. The zero-order valence-electron chi connectivity index (χ0n) is 8.79. The van der Waals surface area contributed by atoms with Gasteiger partial charge in [-0.15, -0.1) is 0 Å². The highest BCUT2D eigenvalue weighted by Gasteiger charge is 2.39. The SMILES string of the molecule is CC(C)(C)OC(=O)NC1(CS)COC1. The quantitative estimate of drug-likeness (QED) is 0.686. The fraction of sp³-hybridized carbons (Fsp3) is 0.889. The molecule has 14 heavy (non-hydrogen) atoms. The van der Waals surface area contributed by atoms with E-state index in [0.29, 0.717) is 19.0 Å². The van der Waals surface area contributed by atoms with Crippen molar-refractivity contribution in [3.05, 3.63) is 0 Å². The van der Waals surface area contributed by atoms with Crippen molar-refractivity contribution in [3.63, 3.8) is 0 Å². The second-order valence-electron chi connectivity index (χ2n) is 4.56. The van der Waals surface area contributed by atoms with Crippen molar-refractivity contribution in [3.8, 4) is 0 Å². The van der Waals surface area contributed by atoms with Crippen LogP contribution in [0.4, 0.5) is 4.79 Å². The van der Waals surface area contributed by atoms with Gasteiger partial charge >= 0.3 is 6.09 Å². The van der Waals surface area contributed by atoms with Gasteiger partial charge in [0.15, 0.2) is 0 Å². The summed E-state index contributed by atoms with van der Waals surface area (Å²) in [6.07, 6.45) is -0.408. The molecule has 0 saturated carbocycles. The van der Waals surface area contributed by atoms with Crippen LogP contribution < -0.4 is 5.32 Å². The summed E-state index contributed by atoms with van der Waals surface area (Å²) in [6, 6.07) is 0. The molecule has 1 aliphatic heterocycles. The Labute approximate surface area is 89.7 Å². The first-order chi connectivity index (χ1) is 6.37. The summed E-state index contributed by atoms with van der Waals surface area (Å²) in [5.41, 5.74) is -0.794. The number of alkyl carbamates (subject to hydrolysis) is 1. The Morgan fingerprint density at radius 1 is 1.57 bits per heavy atom. The number of thiol groups is 1. The number of ether oxygens (including phenoxy) is 2. The van der Waals surface area contributed by atoms with Crippen LogP contribution in [-0.2, 0) is 9.47 Å². The van der Waals surface area contributed by atoms with Gasteiger partial charge in [0.2, 0.25) is 0 Å². The molecule has 1 aliphatic rings. The fourth-order valence-electron chi connectivity index (χ4n) is 1.07. The highest BCUT2D eigenvalue weighted by atomic mass is 32.1. The predicted octanol–water partition coefficient (Wildman–Crippen LogP) is 1.21. The molecule has 1 rings (SSSR count). The number of hydrogen-bond acceptors (Lipinski definition) is 4. The summed E-state index contributed by atoms with van der Waals surface area (Å²) < 4.78 is 10.2. The van der Waals surface area contributed by atoms with Gasteiger partial charge in [-0.3, -0.25) is 0 Å². The zero-order valence-corrected chi connectivity index (χ0v) is 9.69. The number of hydrogen-bond donors (Lipinski definition) is 2. The summed E-state index contributed by atoms with van der Waals surface area (Å²) in [5.74, 6) is 0.562. The lowest BCUT2D eigenvalue weighted by Crippen LogP contribution is -2.64. The molecule has 0 radical (unpaired) electrons. The molecule has 1 fully saturated rings. The van der Waals surface area contributed by atoms with E-state index in [-0.39, 0.29) is 5.54 Å². The minimum absolute atomic E-state index is 0.328. The first-order valence-electron chi connectivity index (χ1n) is 4.57. The Morgan fingerprint density at radius 2 is 2.14 bits per heavy atom. The number of nitrogens with one attached hydrogen (secondary N) is 1. The van der Waals surface area contributed by atoms with Crippen molar-refractivity contribution < 1.29 is 14.3 Å². The summed E-state index contributed by atoms with van der Waals surface area (Å²) in [5, 5.41) is 2.77. The molecule has 5 heteroatoms. The van der Waals surface area contributed by atoms with Crippen molar-refractivity contribution in [2.24, 2.45) is 0 Å². The molecule has 1 saturated heterocycles. The first-order valence-corrected chi connectivity index (χ1v) is 5.20. The molecule has 0 atom stereocenters. The minimum Gasteiger partial charge on any atom is -0.444 e. The van der Waals surface area contributed by atoms with Crippen LogP contribution in [0.1, 0.15) is 20.8 Å². The number of amides is 1. The lowest BCUT2D eigenvalue weighted by atomic mass is 10.0. The average Bonchev–Trinajstić information content (AvgIpc) is 1.93. The highest BCUT2D eigenvalue weighted by Crippen LogP contribution is 2.19. The normalized spacial score (nSPS) is 19.7. The van der Waals surface area contributed by atoms with Gasteiger partial charge in [0.25, 0.3) is 0 Å². The van der Waals surface area contributed by atoms with Crippen LogP contribution in [0.5, 0.6) is 0 Å². The van der Waals surface area contributed by atoms with Crippen LogP contribution in [0.2, 0.25) is 0 Å². The van der Waals surface area contributed by atoms with Crippen LogP contribution >= 0.6 is 12.6 Å². The first kappa shape index (κ1) is 11.7. The third kappa shape index (κ3) is 3.06. The van der Waals surface area contributed by atoms with Gasteiger partial charge in [-0.25, -0.2) is 4.79 Å². The summed E-state index contributed by atoms with van der Waals surface area (Å²) >= 11 is 4.17. The third-order valence-corrected chi connectivity index (χ3v) is 2.43. The summed E-state index contributed by atoms with van der Waals surface area (Å²) in [6.45, 7) is 6.51. The van der Waals surface area contributed by atoms with Crippen LogP contribution in [0.3, 0.4) is 0 Å². The van der Waals surface area contributed by atoms with Crippen LogP contribution in [0.15, 0.2) is 0 Å². The second-order valence-corrected chi connectivity index (χ2v) is 4.87. The highest BCUT2D eigenvalue weighted by molar-refractivity contribution is 7.80. The van der Waals surface area contributed by atoms with Gasteiger partial charge in [-0.05, 0) is 20.8 Å². The number of rotatable bonds is 2. The Kier molecular flexibility index (Phi) is 3.32. The van der Waals surface area contributed by atoms with E-state index in [0.717, 1.165) is 0 Å². The van der Waals surface area contributed by atoms with Crippen LogP contribution in [-0.4, -0.2) is 36.2 Å². The van der Waals surface area contributed by atoms with Gasteiger partial charge < -0.3 is 14.8 Å². The van der Waals surface area contributed by atoms with E-state index < -0.39 is 11.7 Å².